The first-order chi connectivity index (χ1) is 11.4. The lowest BCUT2D eigenvalue weighted by molar-refractivity contribution is -0.123. The largest absolute Gasteiger partial charge is 0.356 e. The van der Waals surface area contributed by atoms with Gasteiger partial charge in [0.25, 0.3) is 0 Å². The number of amides is 1. The standard InChI is InChI=1S/C18H24FNO3S/c1-14(13-24(22,23)17-9-7-16(19)8-10-17)18(21)20-12-11-15-5-3-2-4-6-15/h5,7-10,14H,2-4,6,11-13H2,1H3,(H,20,21)/t14-/m0/s1. The summed E-state index contributed by atoms with van der Waals surface area (Å²) in [5.41, 5.74) is 1.37. The van der Waals surface area contributed by atoms with E-state index in [4.69, 9.17) is 0 Å². The van der Waals surface area contributed by atoms with Crippen molar-refractivity contribution >= 4 is 15.7 Å². The van der Waals surface area contributed by atoms with E-state index in [1.54, 1.807) is 6.92 Å². The molecule has 0 spiro atoms. The molecule has 0 saturated heterocycles. The molecule has 1 atom stereocenters. The molecule has 0 unspecified atom stereocenters. The van der Waals surface area contributed by atoms with E-state index in [1.165, 1.54) is 30.5 Å². The van der Waals surface area contributed by atoms with Crippen molar-refractivity contribution in [2.24, 2.45) is 5.92 Å². The van der Waals surface area contributed by atoms with E-state index < -0.39 is 21.6 Å². The molecule has 0 fully saturated rings. The van der Waals surface area contributed by atoms with Crippen LogP contribution in [0, 0.1) is 11.7 Å². The van der Waals surface area contributed by atoms with Crippen molar-refractivity contribution in [2.75, 3.05) is 12.3 Å². The first kappa shape index (κ1) is 18.6. The maximum atomic E-state index is 12.9. The normalized spacial score (nSPS) is 16.3. The van der Waals surface area contributed by atoms with Crippen molar-refractivity contribution in [3.63, 3.8) is 0 Å². The highest BCUT2D eigenvalue weighted by atomic mass is 32.2. The van der Waals surface area contributed by atoms with Gasteiger partial charge in [0.05, 0.1) is 10.6 Å². The van der Waals surface area contributed by atoms with Crippen LogP contribution >= 0.6 is 0 Å². The molecule has 0 saturated carbocycles. The number of nitrogens with one attached hydrogen (secondary N) is 1. The van der Waals surface area contributed by atoms with Crippen LogP contribution in [-0.4, -0.2) is 26.6 Å². The van der Waals surface area contributed by atoms with Gasteiger partial charge in [0.2, 0.25) is 5.91 Å². The lowest BCUT2D eigenvalue weighted by Crippen LogP contribution is -2.34. The molecule has 0 aliphatic heterocycles. The van der Waals surface area contributed by atoms with Gasteiger partial charge in [0.1, 0.15) is 5.82 Å². The van der Waals surface area contributed by atoms with E-state index in [-0.39, 0.29) is 16.6 Å². The van der Waals surface area contributed by atoms with Gasteiger partial charge in [-0.05, 0) is 56.4 Å². The van der Waals surface area contributed by atoms with Crippen LogP contribution in [0.1, 0.15) is 39.0 Å². The zero-order valence-corrected chi connectivity index (χ0v) is 14.7. The third-order valence-electron chi connectivity index (χ3n) is 4.22. The molecule has 1 N–H and O–H groups in total. The molecule has 132 valence electrons. The lowest BCUT2D eigenvalue weighted by atomic mass is 9.97. The average Bonchev–Trinajstić information content (AvgIpc) is 2.55. The van der Waals surface area contributed by atoms with Gasteiger partial charge in [0, 0.05) is 12.5 Å². The maximum absolute atomic E-state index is 12.9. The summed E-state index contributed by atoms with van der Waals surface area (Å²) in [5, 5.41) is 2.81. The molecule has 0 bridgehead atoms. The number of halogens is 1. The van der Waals surface area contributed by atoms with Crippen LogP contribution in [0.2, 0.25) is 0 Å². The van der Waals surface area contributed by atoms with Crippen molar-refractivity contribution in [1.29, 1.82) is 0 Å². The molecular formula is C18H24FNO3S. The second-order valence-corrected chi connectivity index (χ2v) is 8.32. The third-order valence-corrected chi connectivity index (χ3v) is 6.15. The van der Waals surface area contributed by atoms with E-state index in [2.05, 4.69) is 11.4 Å². The first-order valence-corrected chi connectivity index (χ1v) is 9.97. The molecule has 1 aromatic carbocycles. The summed E-state index contributed by atoms with van der Waals surface area (Å²) in [6, 6.07) is 4.67. The first-order valence-electron chi connectivity index (χ1n) is 8.32. The molecule has 0 aromatic heterocycles. The van der Waals surface area contributed by atoms with E-state index >= 15 is 0 Å². The maximum Gasteiger partial charge on any atom is 0.223 e. The van der Waals surface area contributed by atoms with Crippen molar-refractivity contribution < 1.29 is 17.6 Å². The number of carbonyl (C=O) groups excluding carboxylic acids is 1. The van der Waals surface area contributed by atoms with Gasteiger partial charge in [0.15, 0.2) is 9.84 Å². The highest BCUT2D eigenvalue weighted by molar-refractivity contribution is 7.91. The third kappa shape index (κ3) is 5.44. The van der Waals surface area contributed by atoms with Crippen LogP contribution in [0.15, 0.2) is 40.8 Å². The van der Waals surface area contributed by atoms with Crippen molar-refractivity contribution in [3.05, 3.63) is 41.7 Å². The second-order valence-electron chi connectivity index (χ2n) is 6.29. The summed E-state index contributed by atoms with van der Waals surface area (Å²) in [4.78, 5) is 12.1. The number of hydrogen-bond acceptors (Lipinski definition) is 3. The predicted octanol–water partition coefficient (Wildman–Crippen LogP) is 3.24. The van der Waals surface area contributed by atoms with Crippen molar-refractivity contribution in [2.45, 2.75) is 43.9 Å². The zero-order chi connectivity index (χ0) is 17.6. The van der Waals surface area contributed by atoms with E-state index in [0.717, 1.165) is 31.4 Å². The minimum absolute atomic E-state index is 0.0379. The highest BCUT2D eigenvalue weighted by Gasteiger charge is 2.23. The van der Waals surface area contributed by atoms with Crippen molar-refractivity contribution in [3.8, 4) is 0 Å². The lowest BCUT2D eigenvalue weighted by Gasteiger charge is -2.15. The fourth-order valence-electron chi connectivity index (χ4n) is 2.80. The van der Waals surface area contributed by atoms with Gasteiger partial charge >= 0.3 is 0 Å². The van der Waals surface area contributed by atoms with E-state index in [9.17, 15) is 17.6 Å². The summed E-state index contributed by atoms with van der Waals surface area (Å²) >= 11 is 0. The van der Waals surface area contributed by atoms with Crippen LogP contribution in [0.25, 0.3) is 0 Å². The summed E-state index contributed by atoms with van der Waals surface area (Å²) in [6.45, 7) is 2.13. The van der Waals surface area contributed by atoms with Gasteiger partial charge in [-0.1, -0.05) is 18.6 Å². The number of rotatable bonds is 7. The predicted molar refractivity (Wildman–Crippen MR) is 91.8 cm³/mol. The summed E-state index contributed by atoms with van der Waals surface area (Å²) < 4.78 is 37.4. The van der Waals surface area contributed by atoms with E-state index in [0.29, 0.717) is 6.54 Å². The van der Waals surface area contributed by atoms with Crippen LogP contribution < -0.4 is 5.32 Å². The Morgan fingerprint density at radius 3 is 2.58 bits per heavy atom. The molecule has 24 heavy (non-hydrogen) atoms. The minimum atomic E-state index is -3.61. The zero-order valence-electron chi connectivity index (χ0n) is 13.9. The molecular weight excluding hydrogens is 329 g/mol. The van der Waals surface area contributed by atoms with Gasteiger partial charge in [-0.15, -0.1) is 0 Å². The smallest absolute Gasteiger partial charge is 0.223 e. The Labute approximate surface area is 143 Å². The van der Waals surface area contributed by atoms with Gasteiger partial charge in [-0.3, -0.25) is 4.79 Å². The molecule has 1 amide bonds. The Kier molecular flexibility index (Phi) is 6.54. The van der Waals surface area contributed by atoms with Crippen LogP contribution in [0.3, 0.4) is 0 Å². The van der Waals surface area contributed by atoms with E-state index in [1.807, 2.05) is 0 Å². The Morgan fingerprint density at radius 2 is 1.96 bits per heavy atom. The van der Waals surface area contributed by atoms with Crippen LogP contribution in [0.4, 0.5) is 4.39 Å². The quantitative estimate of drug-likeness (QED) is 0.605. The fourth-order valence-corrected chi connectivity index (χ4v) is 4.35. The fraction of sp³-hybridized carbons (Fsp3) is 0.500. The van der Waals surface area contributed by atoms with Crippen molar-refractivity contribution in [1.82, 2.24) is 5.32 Å². The molecule has 0 radical (unpaired) electrons. The SMILES string of the molecule is C[C@@H](CS(=O)(=O)c1ccc(F)cc1)C(=O)NCCC1=CCCCC1. The Bertz CT molecular complexity index is 695. The molecule has 1 aliphatic carbocycles. The topological polar surface area (TPSA) is 63.2 Å². The number of hydrogen-bond donors (Lipinski definition) is 1. The molecule has 0 heterocycles. The minimum Gasteiger partial charge on any atom is -0.356 e. The summed E-state index contributed by atoms with van der Waals surface area (Å²) in [6.07, 6.45) is 7.68. The Balaban J connectivity index is 1.84. The number of allylic oxidation sites excluding steroid dienone is 1. The second kappa shape index (κ2) is 8.42. The number of sulfone groups is 1. The molecule has 1 aromatic rings. The molecule has 4 nitrogen and oxygen atoms in total. The molecule has 6 heteroatoms. The average molecular weight is 353 g/mol. The van der Waals surface area contributed by atoms with Crippen LogP contribution in [0.5, 0.6) is 0 Å². The summed E-state index contributed by atoms with van der Waals surface area (Å²) in [7, 11) is -3.61. The highest BCUT2D eigenvalue weighted by Crippen LogP contribution is 2.19. The monoisotopic (exact) mass is 353 g/mol. The molecule has 2 rings (SSSR count). The Hall–Kier alpha value is -1.69. The van der Waals surface area contributed by atoms with Gasteiger partial charge < -0.3 is 5.32 Å². The number of carbonyl (C=O) groups is 1. The number of benzene rings is 1. The summed E-state index contributed by atoms with van der Waals surface area (Å²) in [5.74, 6) is -1.69. The molecule has 1 aliphatic rings. The van der Waals surface area contributed by atoms with Gasteiger partial charge in [-0.25, -0.2) is 12.8 Å². The Morgan fingerprint density at radius 1 is 1.25 bits per heavy atom. The van der Waals surface area contributed by atoms with Crippen LogP contribution in [-0.2, 0) is 14.6 Å². The van der Waals surface area contributed by atoms with Gasteiger partial charge in [-0.2, -0.15) is 0 Å².